The summed E-state index contributed by atoms with van der Waals surface area (Å²) in [6.45, 7) is 7.30. The molecule has 0 saturated carbocycles. The Balaban J connectivity index is 2.24. The number of benzene rings is 1. The molecule has 2 N–H and O–H groups in total. The Morgan fingerprint density at radius 1 is 1.00 bits per heavy atom. The van der Waals surface area contributed by atoms with Crippen molar-refractivity contribution in [3.63, 3.8) is 0 Å². The average Bonchev–Trinajstić information content (AvgIpc) is 2.48. The van der Waals surface area contributed by atoms with Gasteiger partial charge in [-0.05, 0) is 31.4 Å². The molecular weight excluding hydrogens is 260 g/mol. The molecular formula is C17H24N4. The largest absolute Gasteiger partial charge is 0.370 e. The first kappa shape index (κ1) is 15.3. The minimum Gasteiger partial charge on any atom is -0.370 e. The minimum atomic E-state index is 0.848. The fourth-order valence-electron chi connectivity index (χ4n) is 2.09. The van der Waals surface area contributed by atoms with Crippen molar-refractivity contribution in [1.29, 1.82) is 0 Å². The third-order valence-electron chi connectivity index (χ3n) is 3.21. The van der Waals surface area contributed by atoms with E-state index in [9.17, 15) is 0 Å². The molecule has 0 fully saturated rings. The number of aryl methyl sites for hydroxylation is 2. The van der Waals surface area contributed by atoms with Gasteiger partial charge in [-0.3, -0.25) is 0 Å². The molecule has 1 heterocycles. The molecule has 0 radical (unpaired) electrons. The molecule has 0 unspecified atom stereocenters. The maximum absolute atomic E-state index is 4.61. The van der Waals surface area contributed by atoms with Crippen molar-refractivity contribution in [1.82, 2.24) is 9.97 Å². The van der Waals surface area contributed by atoms with Crippen LogP contribution < -0.4 is 10.6 Å². The fourth-order valence-corrected chi connectivity index (χ4v) is 2.09. The van der Waals surface area contributed by atoms with Crippen LogP contribution in [0.3, 0.4) is 0 Å². The predicted molar refractivity (Wildman–Crippen MR) is 89.3 cm³/mol. The number of hydrogen-bond acceptors (Lipinski definition) is 4. The highest BCUT2D eigenvalue weighted by atomic mass is 15.1. The molecule has 112 valence electrons. The Hall–Kier alpha value is -2.10. The van der Waals surface area contributed by atoms with E-state index in [0.29, 0.717) is 0 Å². The monoisotopic (exact) mass is 284 g/mol. The summed E-state index contributed by atoms with van der Waals surface area (Å²) in [6, 6.07) is 10.2. The number of hydrogen-bond donors (Lipinski definition) is 2. The highest BCUT2D eigenvalue weighted by Gasteiger charge is 2.05. The number of nitrogens with one attached hydrogen (secondary N) is 2. The van der Waals surface area contributed by atoms with Crippen LogP contribution in [0.4, 0.5) is 17.3 Å². The van der Waals surface area contributed by atoms with Crippen LogP contribution in [0.2, 0.25) is 0 Å². The van der Waals surface area contributed by atoms with Gasteiger partial charge in [0.1, 0.15) is 17.5 Å². The molecule has 1 aromatic heterocycles. The predicted octanol–water partition coefficient (Wildman–Crippen LogP) is 4.30. The molecule has 2 aromatic rings. The summed E-state index contributed by atoms with van der Waals surface area (Å²) in [5.74, 6) is 2.63. The quantitative estimate of drug-likeness (QED) is 0.795. The van der Waals surface area contributed by atoms with E-state index in [1.807, 2.05) is 18.2 Å². The van der Waals surface area contributed by atoms with Crippen molar-refractivity contribution in [2.75, 3.05) is 17.2 Å². The van der Waals surface area contributed by atoms with Crippen LogP contribution in [-0.2, 0) is 6.42 Å². The van der Waals surface area contributed by atoms with Crippen molar-refractivity contribution in [2.24, 2.45) is 0 Å². The summed E-state index contributed by atoms with van der Waals surface area (Å²) in [4.78, 5) is 9.17. The number of rotatable bonds is 7. The molecule has 0 saturated heterocycles. The smallest absolute Gasteiger partial charge is 0.136 e. The van der Waals surface area contributed by atoms with Gasteiger partial charge >= 0.3 is 0 Å². The molecule has 0 amide bonds. The first-order chi connectivity index (χ1) is 10.2. The van der Waals surface area contributed by atoms with Gasteiger partial charge in [0.05, 0.1) is 0 Å². The number of nitrogens with zero attached hydrogens (tertiary/aromatic N) is 2. The molecule has 0 aliphatic rings. The van der Waals surface area contributed by atoms with Crippen LogP contribution >= 0.6 is 0 Å². The van der Waals surface area contributed by atoms with E-state index in [1.165, 1.54) is 5.56 Å². The van der Waals surface area contributed by atoms with Crippen LogP contribution in [0.5, 0.6) is 0 Å². The van der Waals surface area contributed by atoms with Gasteiger partial charge in [-0.1, -0.05) is 32.0 Å². The lowest BCUT2D eigenvalue weighted by molar-refractivity contribution is 0.834. The van der Waals surface area contributed by atoms with Crippen molar-refractivity contribution < 1.29 is 0 Å². The summed E-state index contributed by atoms with van der Waals surface area (Å²) in [5.41, 5.74) is 2.29. The molecule has 0 atom stereocenters. The normalized spacial score (nSPS) is 10.4. The van der Waals surface area contributed by atoms with Gasteiger partial charge in [-0.2, -0.15) is 0 Å². The maximum atomic E-state index is 4.61. The van der Waals surface area contributed by atoms with Crippen molar-refractivity contribution in [2.45, 2.75) is 40.0 Å². The lowest BCUT2D eigenvalue weighted by Gasteiger charge is -2.12. The maximum Gasteiger partial charge on any atom is 0.136 e. The zero-order valence-corrected chi connectivity index (χ0v) is 13.1. The van der Waals surface area contributed by atoms with Crippen LogP contribution in [0.25, 0.3) is 0 Å². The minimum absolute atomic E-state index is 0.848. The lowest BCUT2D eigenvalue weighted by Crippen LogP contribution is -2.07. The highest BCUT2D eigenvalue weighted by molar-refractivity contribution is 5.62. The lowest BCUT2D eigenvalue weighted by atomic mass is 10.2. The third kappa shape index (κ3) is 4.45. The highest BCUT2D eigenvalue weighted by Crippen LogP contribution is 2.20. The second-order valence-corrected chi connectivity index (χ2v) is 5.17. The van der Waals surface area contributed by atoms with Crippen molar-refractivity contribution >= 4 is 17.3 Å². The second-order valence-electron chi connectivity index (χ2n) is 5.17. The summed E-state index contributed by atoms with van der Waals surface area (Å²) < 4.78 is 0. The Kier molecular flexibility index (Phi) is 5.55. The van der Waals surface area contributed by atoms with E-state index in [0.717, 1.165) is 49.0 Å². The summed E-state index contributed by atoms with van der Waals surface area (Å²) in [7, 11) is 0. The summed E-state index contributed by atoms with van der Waals surface area (Å²) >= 11 is 0. The number of para-hydroxylation sites is 1. The van der Waals surface area contributed by atoms with Gasteiger partial charge < -0.3 is 10.6 Å². The van der Waals surface area contributed by atoms with Crippen LogP contribution in [0.1, 0.15) is 38.1 Å². The molecule has 0 aliphatic heterocycles. The van der Waals surface area contributed by atoms with E-state index in [2.05, 4.69) is 53.5 Å². The second kappa shape index (κ2) is 7.62. The van der Waals surface area contributed by atoms with E-state index >= 15 is 0 Å². The zero-order chi connectivity index (χ0) is 15.1. The molecule has 4 nitrogen and oxygen atoms in total. The molecule has 4 heteroatoms. The number of anilines is 3. The molecule has 1 aromatic carbocycles. The Bertz CT molecular complexity index is 581. The fraction of sp³-hybridized carbons (Fsp3) is 0.412. The summed E-state index contributed by atoms with van der Waals surface area (Å²) in [6.07, 6.45) is 3.01. The SMILES string of the molecule is CCCNc1cc(Nc2ccccc2C)nc(CCC)n1. The Labute approximate surface area is 127 Å². The zero-order valence-electron chi connectivity index (χ0n) is 13.1. The third-order valence-corrected chi connectivity index (χ3v) is 3.21. The topological polar surface area (TPSA) is 49.8 Å². The van der Waals surface area contributed by atoms with Gasteiger partial charge in [-0.25, -0.2) is 9.97 Å². The molecule has 21 heavy (non-hydrogen) atoms. The molecule has 0 spiro atoms. The van der Waals surface area contributed by atoms with Crippen molar-refractivity contribution in [3.05, 3.63) is 41.7 Å². The molecule has 2 rings (SSSR count). The molecule has 0 bridgehead atoms. The van der Waals surface area contributed by atoms with Crippen molar-refractivity contribution in [3.8, 4) is 0 Å². The van der Waals surface area contributed by atoms with E-state index < -0.39 is 0 Å². The van der Waals surface area contributed by atoms with Gasteiger partial charge in [0, 0.05) is 24.7 Å². The van der Waals surface area contributed by atoms with Gasteiger partial charge in [0.2, 0.25) is 0 Å². The average molecular weight is 284 g/mol. The van der Waals surface area contributed by atoms with Crippen LogP contribution in [0, 0.1) is 6.92 Å². The Morgan fingerprint density at radius 2 is 1.76 bits per heavy atom. The van der Waals surface area contributed by atoms with E-state index in [4.69, 9.17) is 0 Å². The van der Waals surface area contributed by atoms with E-state index in [-0.39, 0.29) is 0 Å². The first-order valence-electron chi connectivity index (χ1n) is 7.67. The Morgan fingerprint density at radius 3 is 2.48 bits per heavy atom. The first-order valence-corrected chi connectivity index (χ1v) is 7.67. The number of aromatic nitrogens is 2. The van der Waals surface area contributed by atoms with Gasteiger partial charge in [0.25, 0.3) is 0 Å². The van der Waals surface area contributed by atoms with Gasteiger partial charge in [0.15, 0.2) is 0 Å². The summed E-state index contributed by atoms with van der Waals surface area (Å²) in [5, 5.41) is 6.74. The van der Waals surface area contributed by atoms with Crippen LogP contribution in [0.15, 0.2) is 30.3 Å². The van der Waals surface area contributed by atoms with E-state index in [1.54, 1.807) is 0 Å². The molecule has 0 aliphatic carbocycles. The van der Waals surface area contributed by atoms with Gasteiger partial charge in [-0.15, -0.1) is 0 Å². The standard InChI is InChI=1S/C17H24N4/c1-4-8-15-20-16(18-11-5-2)12-17(21-15)19-14-10-7-6-9-13(14)3/h6-7,9-10,12H,4-5,8,11H2,1-3H3,(H2,18,19,20,21). The van der Waals surface area contributed by atoms with Crippen LogP contribution in [-0.4, -0.2) is 16.5 Å².